The van der Waals surface area contributed by atoms with Gasteiger partial charge in [0.2, 0.25) is 0 Å². The summed E-state index contributed by atoms with van der Waals surface area (Å²) >= 11 is 4.48. The zero-order valence-corrected chi connectivity index (χ0v) is 16.2. The molecule has 4 aromatic rings. The van der Waals surface area contributed by atoms with Gasteiger partial charge in [0.25, 0.3) is 0 Å². The van der Waals surface area contributed by atoms with Gasteiger partial charge < -0.3 is 4.74 Å². The van der Waals surface area contributed by atoms with Crippen molar-refractivity contribution in [3.05, 3.63) is 63.6 Å². The van der Waals surface area contributed by atoms with Crippen LogP contribution in [0.1, 0.15) is 21.1 Å². The second-order valence-electron chi connectivity index (χ2n) is 5.35. The molecule has 8 heteroatoms. The molecule has 0 amide bonds. The van der Waals surface area contributed by atoms with E-state index in [0.717, 1.165) is 21.3 Å². The number of rotatable bonds is 5. The molecule has 0 aliphatic heterocycles. The zero-order chi connectivity index (χ0) is 17.9. The average molecular weight is 400 g/mol. The van der Waals surface area contributed by atoms with Gasteiger partial charge in [-0.1, -0.05) is 12.1 Å². The minimum atomic E-state index is -0.382. The summed E-state index contributed by atoms with van der Waals surface area (Å²) in [4.78, 5) is 27.3. The Morgan fingerprint density at radius 2 is 2.04 bits per heavy atom. The van der Waals surface area contributed by atoms with Crippen LogP contribution in [-0.2, 0) is 11.3 Å². The van der Waals surface area contributed by atoms with Gasteiger partial charge in [-0.15, -0.1) is 34.0 Å². The Morgan fingerprint density at radius 3 is 2.81 bits per heavy atom. The van der Waals surface area contributed by atoms with Crippen molar-refractivity contribution in [3.8, 4) is 20.6 Å². The van der Waals surface area contributed by atoms with Gasteiger partial charge in [-0.05, 0) is 30.5 Å². The van der Waals surface area contributed by atoms with Crippen LogP contribution in [-0.4, -0.2) is 20.9 Å². The van der Waals surface area contributed by atoms with E-state index in [9.17, 15) is 4.79 Å². The number of aryl methyl sites for hydroxylation is 1. The number of hydrogen-bond donors (Lipinski definition) is 0. The molecule has 0 bridgehead atoms. The largest absolute Gasteiger partial charge is 0.455 e. The molecule has 0 aliphatic rings. The van der Waals surface area contributed by atoms with Crippen molar-refractivity contribution in [3.63, 3.8) is 0 Å². The number of carbonyl (C=O) groups excluding carboxylic acids is 1. The summed E-state index contributed by atoms with van der Waals surface area (Å²) < 4.78 is 5.43. The molecule has 130 valence electrons. The van der Waals surface area contributed by atoms with Gasteiger partial charge in [0, 0.05) is 11.6 Å². The lowest BCUT2D eigenvalue weighted by molar-refractivity contribution is 0.0473. The Balaban J connectivity index is 1.45. The first-order valence-electron chi connectivity index (χ1n) is 7.75. The highest BCUT2D eigenvalue weighted by Crippen LogP contribution is 2.29. The molecular formula is C18H13N3O2S3. The van der Waals surface area contributed by atoms with E-state index < -0.39 is 0 Å². The number of carbonyl (C=O) groups is 1. The molecule has 0 aliphatic carbocycles. The molecule has 26 heavy (non-hydrogen) atoms. The second kappa shape index (κ2) is 7.45. The van der Waals surface area contributed by atoms with E-state index in [1.165, 1.54) is 11.3 Å². The fraction of sp³-hybridized carbons (Fsp3) is 0.111. The standard InChI is InChI=1S/C18H13N3O2S3/c1-11-15(26-16(20-11)13-5-2-3-7-19-13)18(22)23-9-12-10-25-17(21-12)14-6-4-8-24-14/h2-8,10H,9H2,1H3. The van der Waals surface area contributed by atoms with Crippen molar-refractivity contribution < 1.29 is 9.53 Å². The number of hydrogen-bond acceptors (Lipinski definition) is 8. The van der Waals surface area contributed by atoms with Gasteiger partial charge in [0.1, 0.15) is 21.5 Å². The number of ether oxygens (including phenoxy) is 1. The Hall–Kier alpha value is -2.42. The predicted octanol–water partition coefficient (Wildman–Crippen LogP) is 5.06. The second-order valence-corrected chi connectivity index (χ2v) is 8.15. The summed E-state index contributed by atoms with van der Waals surface area (Å²) in [6, 6.07) is 9.63. The van der Waals surface area contributed by atoms with Gasteiger partial charge in [-0.3, -0.25) is 4.98 Å². The Kier molecular flexibility index (Phi) is 4.87. The smallest absolute Gasteiger partial charge is 0.350 e. The first kappa shape index (κ1) is 17.0. The third-order valence-electron chi connectivity index (χ3n) is 3.50. The maximum absolute atomic E-state index is 12.4. The van der Waals surface area contributed by atoms with E-state index in [4.69, 9.17) is 4.74 Å². The van der Waals surface area contributed by atoms with Crippen molar-refractivity contribution in [2.24, 2.45) is 0 Å². The monoisotopic (exact) mass is 399 g/mol. The lowest BCUT2D eigenvalue weighted by Gasteiger charge is -2.00. The van der Waals surface area contributed by atoms with Crippen molar-refractivity contribution in [2.45, 2.75) is 13.5 Å². The van der Waals surface area contributed by atoms with Crippen LogP contribution in [0.15, 0.2) is 47.3 Å². The molecule has 0 fully saturated rings. The first-order valence-corrected chi connectivity index (χ1v) is 10.3. The molecule has 0 saturated carbocycles. The lowest BCUT2D eigenvalue weighted by atomic mass is 10.3. The van der Waals surface area contributed by atoms with E-state index in [0.29, 0.717) is 15.6 Å². The van der Waals surface area contributed by atoms with Crippen molar-refractivity contribution in [1.29, 1.82) is 0 Å². The number of thiazole rings is 2. The molecular weight excluding hydrogens is 386 g/mol. The maximum atomic E-state index is 12.4. The van der Waals surface area contributed by atoms with Crippen molar-refractivity contribution in [1.82, 2.24) is 15.0 Å². The highest BCUT2D eigenvalue weighted by molar-refractivity contribution is 7.20. The van der Waals surface area contributed by atoms with Crippen molar-refractivity contribution in [2.75, 3.05) is 0 Å². The Labute approximate surface area is 162 Å². The van der Waals surface area contributed by atoms with E-state index in [2.05, 4.69) is 15.0 Å². The van der Waals surface area contributed by atoms with Crippen LogP contribution in [0.5, 0.6) is 0 Å². The molecule has 0 aromatic carbocycles. The van der Waals surface area contributed by atoms with E-state index in [1.54, 1.807) is 35.8 Å². The SMILES string of the molecule is Cc1nc(-c2ccccn2)sc1C(=O)OCc1csc(-c2cccs2)n1. The fourth-order valence-electron chi connectivity index (χ4n) is 2.28. The third kappa shape index (κ3) is 3.57. The summed E-state index contributed by atoms with van der Waals surface area (Å²) in [5, 5.41) is 5.59. The normalized spacial score (nSPS) is 10.8. The fourth-order valence-corrected chi connectivity index (χ4v) is 4.83. The van der Waals surface area contributed by atoms with Gasteiger partial charge in [-0.2, -0.15) is 0 Å². The quantitative estimate of drug-likeness (QED) is 0.439. The average Bonchev–Trinajstić information content (AvgIpc) is 3.40. The summed E-state index contributed by atoms with van der Waals surface area (Å²) in [6.45, 7) is 1.95. The van der Waals surface area contributed by atoms with Gasteiger partial charge in [0.05, 0.1) is 22.0 Å². The molecule has 0 spiro atoms. The zero-order valence-electron chi connectivity index (χ0n) is 13.7. The lowest BCUT2D eigenvalue weighted by Crippen LogP contribution is -2.05. The number of aromatic nitrogens is 3. The van der Waals surface area contributed by atoms with E-state index in [1.807, 2.05) is 41.1 Å². The van der Waals surface area contributed by atoms with Crippen molar-refractivity contribution >= 4 is 40.0 Å². The predicted molar refractivity (Wildman–Crippen MR) is 105 cm³/mol. The molecule has 0 N–H and O–H groups in total. The highest BCUT2D eigenvalue weighted by atomic mass is 32.1. The van der Waals surface area contributed by atoms with E-state index in [-0.39, 0.29) is 12.6 Å². The number of nitrogens with zero attached hydrogens (tertiary/aromatic N) is 3. The van der Waals surface area contributed by atoms with Crippen LogP contribution in [0.3, 0.4) is 0 Å². The van der Waals surface area contributed by atoms with Crippen LogP contribution in [0, 0.1) is 6.92 Å². The molecule has 0 unspecified atom stereocenters. The molecule has 4 rings (SSSR count). The van der Waals surface area contributed by atoms with Crippen LogP contribution in [0.2, 0.25) is 0 Å². The van der Waals surface area contributed by atoms with Crippen LogP contribution < -0.4 is 0 Å². The van der Waals surface area contributed by atoms with Gasteiger partial charge >= 0.3 is 5.97 Å². The summed E-state index contributed by atoms with van der Waals surface area (Å²) in [6.07, 6.45) is 1.71. The first-order chi connectivity index (χ1) is 12.7. The molecule has 4 heterocycles. The van der Waals surface area contributed by atoms with Crippen LogP contribution >= 0.6 is 34.0 Å². The molecule has 5 nitrogen and oxygen atoms in total. The molecule has 0 radical (unpaired) electrons. The molecule has 0 saturated heterocycles. The number of pyridine rings is 1. The topological polar surface area (TPSA) is 65.0 Å². The minimum absolute atomic E-state index is 0.150. The maximum Gasteiger partial charge on any atom is 0.350 e. The Morgan fingerprint density at radius 1 is 1.12 bits per heavy atom. The number of esters is 1. The summed E-state index contributed by atoms with van der Waals surface area (Å²) in [7, 11) is 0. The minimum Gasteiger partial charge on any atom is -0.455 e. The summed E-state index contributed by atoms with van der Waals surface area (Å²) in [5.41, 5.74) is 2.15. The highest BCUT2D eigenvalue weighted by Gasteiger charge is 2.18. The van der Waals surface area contributed by atoms with E-state index >= 15 is 0 Å². The molecule has 0 atom stereocenters. The Bertz CT molecular complexity index is 1020. The molecule has 4 aromatic heterocycles. The third-order valence-corrected chi connectivity index (χ3v) is 6.59. The van der Waals surface area contributed by atoms with Gasteiger partial charge in [0.15, 0.2) is 0 Å². The van der Waals surface area contributed by atoms with Crippen LogP contribution in [0.25, 0.3) is 20.6 Å². The summed E-state index contributed by atoms with van der Waals surface area (Å²) in [5.74, 6) is -0.382. The number of thiophene rings is 1. The van der Waals surface area contributed by atoms with Crippen LogP contribution in [0.4, 0.5) is 0 Å². The van der Waals surface area contributed by atoms with Gasteiger partial charge in [-0.25, -0.2) is 14.8 Å².